The van der Waals surface area contributed by atoms with Gasteiger partial charge in [-0.05, 0) is 24.6 Å². The molecule has 1 atom stereocenters. The fraction of sp³-hybridized carbons (Fsp3) is 0.400. The Morgan fingerprint density at radius 1 is 1.45 bits per heavy atom. The summed E-state index contributed by atoms with van der Waals surface area (Å²) in [5.41, 5.74) is 2.31. The molecule has 3 rings (SSSR count). The van der Waals surface area contributed by atoms with E-state index in [1.807, 2.05) is 18.2 Å². The van der Waals surface area contributed by atoms with Crippen molar-refractivity contribution in [1.82, 2.24) is 15.1 Å². The van der Waals surface area contributed by atoms with Gasteiger partial charge in [0.15, 0.2) is 0 Å². The number of nitrogens with zero attached hydrogens (tertiary/aromatic N) is 2. The third-order valence-electron chi connectivity index (χ3n) is 3.59. The van der Waals surface area contributed by atoms with E-state index in [1.54, 1.807) is 6.20 Å². The van der Waals surface area contributed by atoms with E-state index in [0.717, 1.165) is 42.5 Å². The van der Waals surface area contributed by atoms with Crippen molar-refractivity contribution in [2.24, 2.45) is 0 Å². The van der Waals surface area contributed by atoms with Crippen LogP contribution in [0.25, 0.3) is 0 Å². The number of rotatable bonds is 3. The van der Waals surface area contributed by atoms with Crippen molar-refractivity contribution >= 4 is 11.6 Å². The average Bonchev–Trinajstić information content (AvgIpc) is 2.86. The molecule has 1 aliphatic heterocycles. The van der Waals surface area contributed by atoms with Crippen molar-refractivity contribution in [2.75, 3.05) is 6.54 Å². The number of H-pyrrole nitrogens is 1. The van der Waals surface area contributed by atoms with Crippen LogP contribution in [-0.4, -0.2) is 27.7 Å². The van der Waals surface area contributed by atoms with Crippen molar-refractivity contribution < 1.29 is 4.74 Å². The summed E-state index contributed by atoms with van der Waals surface area (Å²) in [4.78, 5) is 2.38. The zero-order valence-corrected chi connectivity index (χ0v) is 12.2. The number of benzene rings is 1. The molecule has 106 valence electrons. The lowest BCUT2D eigenvalue weighted by molar-refractivity contribution is 0.138. The van der Waals surface area contributed by atoms with Gasteiger partial charge >= 0.3 is 0 Å². The van der Waals surface area contributed by atoms with E-state index in [9.17, 15) is 0 Å². The van der Waals surface area contributed by atoms with E-state index in [1.165, 1.54) is 5.56 Å². The summed E-state index contributed by atoms with van der Waals surface area (Å²) < 4.78 is 6.08. The van der Waals surface area contributed by atoms with Crippen LogP contribution in [0.1, 0.15) is 24.6 Å². The highest BCUT2D eigenvalue weighted by Gasteiger charge is 2.22. The summed E-state index contributed by atoms with van der Waals surface area (Å²) in [6.45, 7) is 4.76. The number of aromatic amines is 1. The Kier molecular flexibility index (Phi) is 3.94. The molecule has 1 aliphatic rings. The number of fused-ring (bicyclic) bond motifs is 1. The Bertz CT molecular complexity index is 571. The highest BCUT2D eigenvalue weighted by molar-refractivity contribution is 6.30. The summed E-state index contributed by atoms with van der Waals surface area (Å²) in [6.07, 6.45) is 2.96. The molecule has 0 aliphatic carbocycles. The molecule has 2 heterocycles. The van der Waals surface area contributed by atoms with Gasteiger partial charge in [-0.3, -0.25) is 10.00 Å². The number of hydrogen-bond donors (Lipinski definition) is 1. The maximum atomic E-state index is 6.08. The fourth-order valence-electron chi connectivity index (χ4n) is 2.53. The maximum Gasteiger partial charge on any atom is 0.125 e. The van der Waals surface area contributed by atoms with Gasteiger partial charge in [0, 0.05) is 42.1 Å². The van der Waals surface area contributed by atoms with Gasteiger partial charge in [0.1, 0.15) is 11.9 Å². The average molecular weight is 292 g/mol. The molecule has 0 unspecified atom stereocenters. The highest BCUT2D eigenvalue weighted by Crippen LogP contribution is 2.29. The van der Waals surface area contributed by atoms with E-state index in [2.05, 4.69) is 28.1 Å². The molecule has 0 fully saturated rings. The van der Waals surface area contributed by atoms with E-state index < -0.39 is 0 Å². The van der Waals surface area contributed by atoms with Crippen molar-refractivity contribution in [1.29, 1.82) is 0 Å². The van der Waals surface area contributed by atoms with Crippen LogP contribution >= 0.6 is 11.6 Å². The first-order valence-corrected chi connectivity index (χ1v) is 7.28. The molecule has 5 heteroatoms. The molecule has 2 aromatic rings. The Hall–Kier alpha value is -1.52. The Morgan fingerprint density at radius 2 is 2.35 bits per heavy atom. The largest absolute Gasteiger partial charge is 0.489 e. The lowest BCUT2D eigenvalue weighted by atomic mass is 10.2. The fourth-order valence-corrected chi connectivity index (χ4v) is 2.69. The lowest BCUT2D eigenvalue weighted by Gasteiger charge is -2.22. The third kappa shape index (κ3) is 2.97. The van der Waals surface area contributed by atoms with Gasteiger partial charge in [0.2, 0.25) is 0 Å². The van der Waals surface area contributed by atoms with Crippen molar-refractivity contribution in [2.45, 2.75) is 32.5 Å². The van der Waals surface area contributed by atoms with Gasteiger partial charge in [-0.15, -0.1) is 0 Å². The molecule has 1 N–H and O–H groups in total. The molecule has 0 amide bonds. The zero-order chi connectivity index (χ0) is 13.9. The molecule has 1 aromatic carbocycles. The number of ether oxygens (including phenoxy) is 1. The summed E-state index contributed by atoms with van der Waals surface area (Å²) in [7, 11) is 0. The van der Waals surface area contributed by atoms with Crippen molar-refractivity contribution in [3.8, 4) is 5.75 Å². The van der Waals surface area contributed by atoms with Gasteiger partial charge in [-0.1, -0.05) is 24.6 Å². The molecule has 20 heavy (non-hydrogen) atoms. The van der Waals surface area contributed by atoms with Gasteiger partial charge in [0.25, 0.3) is 0 Å². The SMILES string of the molecule is CC[C@@H]1CN(Cc2ccn[nH]2)Cc2ccc(Cl)cc2O1. The second-order valence-corrected chi connectivity index (χ2v) is 5.59. The Balaban J connectivity index is 1.84. The highest BCUT2D eigenvalue weighted by atomic mass is 35.5. The minimum Gasteiger partial charge on any atom is -0.489 e. The second-order valence-electron chi connectivity index (χ2n) is 5.15. The van der Waals surface area contributed by atoms with E-state index in [-0.39, 0.29) is 6.10 Å². The van der Waals surface area contributed by atoms with Gasteiger partial charge < -0.3 is 4.74 Å². The quantitative estimate of drug-likeness (QED) is 0.944. The van der Waals surface area contributed by atoms with E-state index >= 15 is 0 Å². The van der Waals surface area contributed by atoms with Gasteiger partial charge in [-0.2, -0.15) is 5.10 Å². The summed E-state index contributed by atoms with van der Waals surface area (Å²) in [6, 6.07) is 7.90. The monoisotopic (exact) mass is 291 g/mol. The smallest absolute Gasteiger partial charge is 0.125 e. The Labute approximate surface area is 123 Å². The maximum absolute atomic E-state index is 6.08. The zero-order valence-electron chi connectivity index (χ0n) is 11.5. The molecule has 0 radical (unpaired) electrons. The molecular formula is C15H18ClN3O. The Morgan fingerprint density at radius 3 is 3.10 bits per heavy atom. The van der Waals surface area contributed by atoms with Crippen LogP contribution in [0.15, 0.2) is 30.5 Å². The predicted octanol–water partition coefficient (Wildman–Crippen LogP) is 3.24. The van der Waals surface area contributed by atoms with Crippen LogP contribution in [0.5, 0.6) is 5.75 Å². The predicted molar refractivity (Wildman–Crippen MR) is 78.9 cm³/mol. The topological polar surface area (TPSA) is 41.2 Å². The number of aromatic nitrogens is 2. The van der Waals surface area contributed by atoms with Crippen LogP contribution in [0.2, 0.25) is 5.02 Å². The van der Waals surface area contributed by atoms with Crippen molar-refractivity contribution in [3.05, 3.63) is 46.7 Å². The third-order valence-corrected chi connectivity index (χ3v) is 3.82. The second kappa shape index (κ2) is 5.85. The molecule has 0 saturated heterocycles. The molecule has 0 spiro atoms. The molecule has 0 bridgehead atoms. The molecule has 4 nitrogen and oxygen atoms in total. The van der Waals surface area contributed by atoms with Crippen LogP contribution in [0, 0.1) is 0 Å². The lowest BCUT2D eigenvalue weighted by Crippen LogP contribution is -2.32. The normalized spacial score (nSPS) is 19.2. The molecular weight excluding hydrogens is 274 g/mol. The number of hydrogen-bond acceptors (Lipinski definition) is 3. The first-order chi connectivity index (χ1) is 9.74. The van der Waals surface area contributed by atoms with Crippen LogP contribution < -0.4 is 4.74 Å². The minimum absolute atomic E-state index is 0.192. The van der Waals surface area contributed by atoms with Gasteiger partial charge in [0.05, 0.1) is 0 Å². The summed E-state index contributed by atoms with van der Waals surface area (Å²) in [5.74, 6) is 0.913. The molecule has 1 aromatic heterocycles. The van der Waals surface area contributed by atoms with Crippen LogP contribution in [0.3, 0.4) is 0 Å². The van der Waals surface area contributed by atoms with Crippen LogP contribution in [-0.2, 0) is 13.1 Å². The van der Waals surface area contributed by atoms with Crippen LogP contribution in [0.4, 0.5) is 0 Å². The summed E-state index contributed by atoms with van der Waals surface area (Å²) in [5, 5.41) is 7.75. The number of halogens is 1. The van der Waals surface area contributed by atoms with Gasteiger partial charge in [-0.25, -0.2) is 0 Å². The first kappa shape index (κ1) is 13.5. The van der Waals surface area contributed by atoms with Crippen molar-refractivity contribution in [3.63, 3.8) is 0 Å². The number of nitrogens with one attached hydrogen (secondary N) is 1. The summed E-state index contributed by atoms with van der Waals surface area (Å²) >= 11 is 6.07. The van der Waals surface area contributed by atoms with E-state index in [4.69, 9.17) is 16.3 Å². The standard InChI is InChI=1S/C15H18ClN3O/c1-2-14-10-19(9-13-5-6-17-18-13)8-11-3-4-12(16)7-15(11)20-14/h3-7,14H,2,8-10H2,1H3,(H,17,18)/t14-/m1/s1. The minimum atomic E-state index is 0.192. The van der Waals surface area contributed by atoms with E-state index in [0.29, 0.717) is 0 Å². The first-order valence-electron chi connectivity index (χ1n) is 6.90. The molecule has 0 saturated carbocycles.